The van der Waals surface area contributed by atoms with Crippen LogP contribution in [0.15, 0.2) is 66.9 Å². The van der Waals surface area contributed by atoms with Gasteiger partial charge in [0.1, 0.15) is 5.82 Å². The first-order valence-corrected chi connectivity index (χ1v) is 12.3. The predicted octanol–water partition coefficient (Wildman–Crippen LogP) is 7.08. The van der Waals surface area contributed by atoms with E-state index in [9.17, 15) is 4.39 Å². The summed E-state index contributed by atoms with van der Waals surface area (Å²) < 4.78 is 16.4. The zero-order valence-corrected chi connectivity index (χ0v) is 21.6. The van der Waals surface area contributed by atoms with Gasteiger partial charge in [0.2, 0.25) is 0 Å². The molecule has 2 unspecified atom stereocenters. The molecule has 3 heterocycles. The number of hydrogen-bond acceptors (Lipinski definition) is 2. The molecule has 4 nitrogen and oxygen atoms in total. The van der Waals surface area contributed by atoms with Crippen molar-refractivity contribution >= 4 is 34.6 Å². The zero-order valence-electron chi connectivity index (χ0n) is 20.0. The maximum absolute atomic E-state index is 14.2. The van der Waals surface area contributed by atoms with Crippen LogP contribution in [-0.2, 0) is 0 Å². The van der Waals surface area contributed by atoms with Crippen molar-refractivity contribution in [3.05, 3.63) is 111 Å². The maximum atomic E-state index is 14.2. The van der Waals surface area contributed by atoms with Crippen molar-refractivity contribution in [1.29, 1.82) is 0 Å². The molecule has 7 heteroatoms. The minimum atomic E-state index is -0.236. The molecule has 0 amide bonds. The zero-order chi connectivity index (χ0) is 24.9. The van der Waals surface area contributed by atoms with Gasteiger partial charge in [-0.1, -0.05) is 23.7 Å². The van der Waals surface area contributed by atoms with Gasteiger partial charge in [-0.05, 0) is 99.6 Å². The highest BCUT2D eigenvalue weighted by Crippen LogP contribution is 2.45. The van der Waals surface area contributed by atoms with Gasteiger partial charge in [0, 0.05) is 39.5 Å². The monoisotopic (exact) mass is 504 g/mol. The highest BCUT2D eigenvalue weighted by atomic mass is 35.5. The van der Waals surface area contributed by atoms with Gasteiger partial charge in [0.05, 0.1) is 17.8 Å². The number of aromatic nitrogens is 2. The van der Waals surface area contributed by atoms with Crippen LogP contribution in [0.2, 0.25) is 5.02 Å². The molecule has 2 aromatic carbocycles. The Morgan fingerprint density at radius 1 is 0.943 bits per heavy atom. The summed E-state index contributed by atoms with van der Waals surface area (Å²) in [5, 5.41) is 4.78. The molecule has 1 aliphatic heterocycles. The summed E-state index contributed by atoms with van der Waals surface area (Å²) in [7, 11) is 0. The summed E-state index contributed by atoms with van der Waals surface area (Å²) in [5.41, 5.74) is 7.89. The second kappa shape index (κ2) is 9.10. The Balaban J connectivity index is 1.74. The van der Waals surface area contributed by atoms with Gasteiger partial charge < -0.3 is 14.8 Å². The molecule has 1 N–H and O–H groups in total. The SMILES string of the molecule is Cc1cc(N2C(=S)NC(c3ccccn3)C2c2c(C)c(C)n(-c3cccc(Cl)c3)c2C)ccc1F. The first-order chi connectivity index (χ1) is 16.8. The number of nitrogens with zero attached hydrogens (tertiary/aromatic N) is 3. The first-order valence-electron chi connectivity index (χ1n) is 11.5. The number of thiocarbonyl (C=S) groups is 1. The Morgan fingerprint density at radius 3 is 2.43 bits per heavy atom. The van der Waals surface area contributed by atoms with E-state index in [0.717, 1.165) is 34.0 Å². The largest absolute Gasteiger partial charge is 0.351 e. The van der Waals surface area contributed by atoms with E-state index in [-0.39, 0.29) is 17.9 Å². The number of hydrogen-bond donors (Lipinski definition) is 1. The van der Waals surface area contributed by atoms with E-state index in [0.29, 0.717) is 15.7 Å². The van der Waals surface area contributed by atoms with E-state index in [2.05, 4.69) is 46.6 Å². The number of anilines is 1. The third-order valence-corrected chi connectivity index (χ3v) is 7.44. The van der Waals surface area contributed by atoms with Crippen LogP contribution >= 0.6 is 23.8 Å². The molecule has 2 aromatic heterocycles. The topological polar surface area (TPSA) is 33.1 Å². The van der Waals surface area contributed by atoms with E-state index >= 15 is 0 Å². The number of benzene rings is 2. The average molecular weight is 505 g/mol. The quantitative estimate of drug-likeness (QED) is 0.301. The van der Waals surface area contributed by atoms with Crippen molar-refractivity contribution in [2.45, 2.75) is 39.8 Å². The molecule has 0 aliphatic carbocycles. The lowest BCUT2D eigenvalue weighted by atomic mass is 9.93. The molecular weight excluding hydrogens is 479 g/mol. The number of nitrogens with one attached hydrogen (secondary N) is 1. The average Bonchev–Trinajstić information content (AvgIpc) is 3.28. The molecule has 0 bridgehead atoms. The fraction of sp³-hybridized carbons (Fsp3) is 0.214. The molecule has 5 rings (SSSR count). The summed E-state index contributed by atoms with van der Waals surface area (Å²) in [5.74, 6) is -0.236. The molecule has 1 fully saturated rings. The summed E-state index contributed by atoms with van der Waals surface area (Å²) in [6.07, 6.45) is 1.80. The van der Waals surface area contributed by atoms with E-state index in [4.69, 9.17) is 23.8 Å². The van der Waals surface area contributed by atoms with Crippen LogP contribution in [0.25, 0.3) is 5.69 Å². The maximum Gasteiger partial charge on any atom is 0.174 e. The lowest BCUT2D eigenvalue weighted by Crippen LogP contribution is -2.30. The molecule has 4 aromatic rings. The highest BCUT2D eigenvalue weighted by molar-refractivity contribution is 7.80. The number of pyridine rings is 1. The fourth-order valence-electron chi connectivity index (χ4n) is 5.15. The third-order valence-electron chi connectivity index (χ3n) is 6.89. The van der Waals surface area contributed by atoms with Crippen molar-refractivity contribution in [1.82, 2.24) is 14.9 Å². The van der Waals surface area contributed by atoms with Gasteiger partial charge in [0.15, 0.2) is 5.11 Å². The van der Waals surface area contributed by atoms with Crippen molar-refractivity contribution in [3.63, 3.8) is 0 Å². The minimum Gasteiger partial charge on any atom is -0.351 e. The second-order valence-corrected chi connectivity index (χ2v) is 9.78. The Morgan fingerprint density at radius 2 is 1.74 bits per heavy atom. The molecule has 0 spiro atoms. The molecule has 1 saturated heterocycles. The Hall–Kier alpha value is -3.22. The van der Waals surface area contributed by atoms with Crippen molar-refractivity contribution in [2.75, 3.05) is 4.90 Å². The van der Waals surface area contributed by atoms with Crippen molar-refractivity contribution in [2.24, 2.45) is 0 Å². The molecule has 0 saturated carbocycles. The highest BCUT2D eigenvalue weighted by Gasteiger charge is 2.43. The van der Waals surface area contributed by atoms with Crippen LogP contribution in [-0.4, -0.2) is 14.7 Å². The minimum absolute atomic E-state index is 0.179. The smallest absolute Gasteiger partial charge is 0.174 e. The van der Waals surface area contributed by atoms with Crippen molar-refractivity contribution in [3.8, 4) is 5.69 Å². The molecule has 2 atom stereocenters. The standard InChI is InChI=1S/C28H26ClFN4S/c1-16-14-22(11-12-23(16)30)34-27(26(32-28(34)35)24-10-5-6-13-31-24)25-17(2)18(3)33(19(25)4)21-9-7-8-20(29)15-21/h5-15,26-27H,1-4H3,(H,32,35). The van der Waals surface area contributed by atoms with Gasteiger partial charge in [-0.3, -0.25) is 4.98 Å². The molecule has 178 valence electrons. The first kappa shape index (κ1) is 23.5. The van der Waals surface area contributed by atoms with Gasteiger partial charge in [-0.15, -0.1) is 0 Å². The second-order valence-electron chi connectivity index (χ2n) is 8.95. The summed E-state index contributed by atoms with van der Waals surface area (Å²) in [6.45, 7) is 8.16. The lowest BCUT2D eigenvalue weighted by Gasteiger charge is -2.29. The van der Waals surface area contributed by atoms with Gasteiger partial charge in [-0.2, -0.15) is 0 Å². The van der Waals surface area contributed by atoms with Crippen LogP contribution in [0, 0.1) is 33.5 Å². The van der Waals surface area contributed by atoms with E-state index in [1.807, 2.05) is 42.5 Å². The lowest BCUT2D eigenvalue weighted by molar-refractivity contribution is 0.563. The van der Waals surface area contributed by atoms with Crippen molar-refractivity contribution < 1.29 is 4.39 Å². The number of halogens is 2. The predicted molar refractivity (Wildman–Crippen MR) is 144 cm³/mol. The Bertz CT molecular complexity index is 1430. The van der Waals surface area contributed by atoms with Gasteiger partial charge >= 0.3 is 0 Å². The van der Waals surface area contributed by atoms with E-state index in [1.165, 1.54) is 11.6 Å². The molecule has 35 heavy (non-hydrogen) atoms. The van der Waals surface area contributed by atoms with Crippen LogP contribution in [0.4, 0.5) is 10.1 Å². The van der Waals surface area contributed by atoms with Crippen LogP contribution < -0.4 is 10.2 Å². The summed E-state index contributed by atoms with van der Waals surface area (Å²) in [4.78, 5) is 6.75. The molecule has 1 aliphatic rings. The van der Waals surface area contributed by atoms with E-state index in [1.54, 1.807) is 19.2 Å². The third kappa shape index (κ3) is 4.01. The molecular formula is C28H26ClFN4S. The van der Waals surface area contributed by atoms with Crippen LogP contribution in [0.3, 0.4) is 0 Å². The van der Waals surface area contributed by atoms with Crippen LogP contribution in [0.1, 0.15) is 45.9 Å². The normalized spacial score (nSPS) is 17.7. The molecule has 0 radical (unpaired) electrons. The van der Waals surface area contributed by atoms with E-state index < -0.39 is 0 Å². The summed E-state index contributed by atoms with van der Waals surface area (Å²) >= 11 is 12.2. The number of aryl methyl sites for hydroxylation is 1. The number of rotatable bonds is 4. The van der Waals surface area contributed by atoms with Gasteiger partial charge in [0.25, 0.3) is 0 Å². The van der Waals surface area contributed by atoms with Crippen LogP contribution in [0.5, 0.6) is 0 Å². The summed E-state index contributed by atoms with van der Waals surface area (Å²) in [6, 6.07) is 18.5. The fourth-order valence-corrected chi connectivity index (χ4v) is 5.68. The Labute approximate surface area is 215 Å². The van der Waals surface area contributed by atoms with Gasteiger partial charge in [-0.25, -0.2) is 4.39 Å². The Kier molecular flexibility index (Phi) is 6.11.